The van der Waals surface area contributed by atoms with Crippen LogP contribution in [0.5, 0.6) is 0 Å². The van der Waals surface area contributed by atoms with Gasteiger partial charge < -0.3 is 15.6 Å². The lowest BCUT2D eigenvalue weighted by Gasteiger charge is -2.30. The summed E-state index contributed by atoms with van der Waals surface area (Å²) in [6, 6.07) is 0. The predicted octanol–water partition coefficient (Wildman–Crippen LogP) is 1.13. The van der Waals surface area contributed by atoms with E-state index in [-0.39, 0.29) is 0 Å². The molecule has 1 fully saturated rings. The number of hydrogen-bond donors (Lipinski definition) is 3. The van der Waals surface area contributed by atoms with Crippen molar-refractivity contribution < 1.29 is 0 Å². The SMILES string of the molecule is Cc1nc(NN)c(C)c(NCC2CCCN(C)C2)n1. The maximum atomic E-state index is 5.47. The molecule has 2 rings (SSSR count). The van der Waals surface area contributed by atoms with Gasteiger partial charge in [-0.2, -0.15) is 0 Å². The Morgan fingerprint density at radius 1 is 1.32 bits per heavy atom. The van der Waals surface area contributed by atoms with Crippen LogP contribution in [0, 0.1) is 19.8 Å². The molecule has 1 unspecified atom stereocenters. The quantitative estimate of drug-likeness (QED) is 0.559. The molecule has 6 nitrogen and oxygen atoms in total. The number of hydrogen-bond acceptors (Lipinski definition) is 6. The highest BCUT2D eigenvalue weighted by atomic mass is 15.3. The summed E-state index contributed by atoms with van der Waals surface area (Å²) in [6.07, 6.45) is 2.56. The van der Waals surface area contributed by atoms with Gasteiger partial charge in [0.05, 0.1) is 0 Å². The second kappa shape index (κ2) is 6.16. The minimum Gasteiger partial charge on any atom is -0.369 e. The molecule has 1 saturated heterocycles. The lowest BCUT2D eigenvalue weighted by Crippen LogP contribution is -2.35. The van der Waals surface area contributed by atoms with E-state index in [4.69, 9.17) is 5.84 Å². The van der Waals surface area contributed by atoms with E-state index in [1.54, 1.807) is 0 Å². The average Bonchev–Trinajstić information content (AvgIpc) is 2.39. The van der Waals surface area contributed by atoms with Crippen LogP contribution in [-0.4, -0.2) is 41.5 Å². The van der Waals surface area contributed by atoms with Crippen LogP contribution in [0.15, 0.2) is 0 Å². The third-order valence-corrected chi connectivity index (χ3v) is 3.67. The van der Waals surface area contributed by atoms with Gasteiger partial charge in [-0.1, -0.05) is 0 Å². The van der Waals surface area contributed by atoms with Crippen LogP contribution < -0.4 is 16.6 Å². The maximum absolute atomic E-state index is 5.47. The fraction of sp³-hybridized carbons (Fsp3) is 0.692. The minimum absolute atomic E-state index is 0.683. The van der Waals surface area contributed by atoms with Crippen molar-refractivity contribution in [2.24, 2.45) is 11.8 Å². The van der Waals surface area contributed by atoms with Gasteiger partial charge in [0, 0.05) is 18.7 Å². The summed E-state index contributed by atoms with van der Waals surface area (Å²) in [5.41, 5.74) is 3.59. The third-order valence-electron chi connectivity index (χ3n) is 3.67. The van der Waals surface area contributed by atoms with Crippen LogP contribution >= 0.6 is 0 Å². The summed E-state index contributed by atoms with van der Waals surface area (Å²) in [5.74, 6) is 8.45. The Morgan fingerprint density at radius 2 is 2.05 bits per heavy atom. The topological polar surface area (TPSA) is 79.1 Å². The van der Waals surface area contributed by atoms with Crippen molar-refractivity contribution in [3.63, 3.8) is 0 Å². The van der Waals surface area contributed by atoms with Crippen molar-refractivity contribution in [3.8, 4) is 0 Å². The molecule has 1 aliphatic heterocycles. The molecule has 0 radical (unpaired) electrons. The Bertz CT molecular complexity index is 433. The number of nitrogens with zero attached hydrogens (tertiary/aromatic N) is 3. The molecule has 4 N–H and O–H groups in total. The number of likely N-dealkylation sites (tertiary alicyclic amines) is 1. The Hall–Kier alpha value is -1.40. The molecule has 0 bridgehead atoms. The molecule has 2 heterocycles. The summed E-state index contributed by atoms with van der Waals surface area (Å²) in [7, 11) is 2.18. The van der Waals surface area contributed by atoms with E-state index in [2.05, 4.69) is 32.7 Å². The number of piperidine rings is 1. The first-order chi connectivity index (χ1) is 9.10. The first-order valence-electron chi connectivity index (χ1n) is 6.84. The number of hydrazine groups is 1. The number of aromatic nitrogens is 2. The Labute approximate surface area is 114 Å². The van der Waals surface area contributed by atoms with Gasteiger partial charge in [0.15, 0.2) is 0 Å². The number of anilines is 2. The van der Waals surface area contributed by atoms with Crippen LogP contribution in [0.25, 0.3) is 0 Å². The van der Waals surface area contributed by atoms with Gasteiger partial charge in [0.25, 0.3) is 0 Å². The van der Waals surface area contributed by atoms with Crippen molar-refractivity contribution >= 4 is 11.6 Å². The zero-order valence-electron chi connectivity index (χ0n) is 12.0. The third kappa shape index (κ3) is 3.54. The van der Waals surface area contributed by atoms with E-state index in [9.17, 15) is 0 Å². The number of rotatable bonds is 4. The highest BCUT2D eigenvalue weighted by Gasteiger charge is 2.17. The summed E-state index contributed by atoms with van der Waals surface area (Å²) in [6.45, 7) is 7.16. The van der Waals surface area contributed by atoms with Crippen molar-refractivity contribution in [2.45, 2.75) is 26.7 Å². The second-order valence-electron chi connectivity index (χ2n) is 5.39. The molecule has 1 aromatic heterocycles. The number of nitrogen functional groups attached to an aromatic ring is 1. The summed E-state index contributed by atoms with van der Waals surface area (Å²) >= 11 is 0. The lowest BCUT2D eigenvalue weighted by molar-refractivity contribution is 0.217. The van der Waals surface area contributed by atoms with Gasteiger partial charge in [-0.25, -0.2) is 15.8 Å². The van der Waals surface area contributed by atoms with E-state index in [0.717, 1.165) is 30.3 Å². The zero-order chi connectivity index (χ0) is 13.8. The van der Waals surface area contributed by atoms with Crippen molar-refractivity contribution in [2.75, 3.05) is 37.4 Å². The Morgan fingerprint density at radius 3 is 2.74 bits per heavy atom. The fourth-order valence-corrected chi connectivity index (χ4v) is 2.62. The highest BCUT2D eigenvalue weighted by Crippen LogP contribution is 2.21. The molecule has 0 aliphatic carbocycles. The van der Waals surface area contributed by atoms with E-state index >= 15 is 0 Å². The van der Waals surface area contributed by atoms with E-state index in [1.165, 1.54) is 19.4 Å². The molecule has 0 amide bonds. The number of nitrogens with one attached hydrogen (secondary N) is 2. The van der Waals surface area contributed by atoms with Crippen LogP contribution in [0.3, 0.4) is 0 Å². The predicted molar refractivity (Wildman–Crippen MR) is 78.0 cm³/mol. The van der Waals surface area contributed by atoms with Gasteiger partial charge in [0.1, 0.15) is 17.5 Å². The monoisotopic (exact) mass is 264 g/mol. The van der Waals surface area contributed by atoms with Gasteiger partial charge in [-0.3, -0.25) is 0 Å². The number of aryl methyl sites for hydroxylation is 1. The normalized spacial score (nSPS) is 20.3. The molecule has 0 aromatic carbocycles. The summed E-state index contributed by atoms with van der Waals surface area (Å²) in [5, 5.41) is 3.45. The Kier molecular flexibility index (Phi) is 4.55. The zero-order valence-corrected chi connectivity index (χ0v) is 12.0. The lowest BCUT2D eigenvalue weighted by atomic mass is 9.98. The van der Waals surface area contributed by atoms with Crippen LogP contribution in [0.1, 0.15) is 24.2 Å². The molecule has 19 heavy (non-hydrogen) atoms. The molecule has 106 valence electrons. The largest absolute Gasteiger partial charge is 0.369 e. The first kappa shape index (κ1) is 14.0. The first-order valence-corrected chi connectivity index (χ1v) is 6.84. The minimum atomic E-state index is 0.683. The summed E-state index contributed by atoms with van der Waals surface area (Å²) < 4.78 is 0. The van der Waals surface area contributed by atoms with Crippen molar-refractivity contribution in [3.05, 3.63) is 11.4 Å². The molecule has 1 aromatic rings. The molecule has 1 aliphatic rings. The van der Waals surface area contributed by atoms with E-state index in [1.807, 2.05) is 13.8 Å². The molecule has 0 saturated carbocycles. The Balaban J connectivity index is 2.01. The molecule has 6 heteroatoms. The maximum Gasteiger partial charge on any atom is 0.148 e. The van der Waals surface area contributed by atoms with E-state index in [0.29, 0.717) is 11.7 Å². The number of nitrogens with two attached hydrogens (primary N) is 1. The van der Waals surface area contributed by atoms with Gasteiger partial charge in [-0.05, 0) is 46.2 Å². The van der Waals surface area contributed by atoms with Crippen molar-refractivity contribution in [1.29, 1.82) is 0 Å². The van der Waals surface area contributed by atoms with E-state index < -0.39 is 0 Å². The second-order valence-corrected chi connectivity index (χ2v) is 5.39. The van der Waals surface area contributed by atoms with Gasteiger partial charge >= 0.3 is 0 Å². The standard InChI is InChI=1S/C13H24N6/c1-9-12(16-10(2)17-13(9)18-14)15-7-11-5-4-6-19(3)8-11/h11H,4-8,14H2,1-3H3,(H2,15,16,17,18). The molecular formula is C13H24N6. The van der Waals surface area contributed by atoms with Gasteiger partial charge in [-0.15, -0.1) is 0 Å². The fourth-order valence-electron chi connectivity index (χ4n) is 2.62. The molecular weight excluding hydrogens is 240 g/mol. The van der Waals surface area contributed by atoms with Crippen LogP contribution in [0.2, 0.25) is 0 Å². The summed E-state index contributed by atoms with van der Waals surface area (Å²) in [4.78, 5) is 11.1. The van der Waals surface area contributed by atoms with Crippen LogP contribution in [-0.2, 0) is 0 Å². The average molecular weight is 264 g/mol. The molecule has 1 atom stereocenters. The highest BCUT2D eigenvalue weighted by molar-refractivity contribution is 5.56. The van der Waals surface area contributed by atoms with Crippen molar-refractivity contribution in [1.82, 2.24) is 14.9 Å². The molecule has 0 spiro atoms. The smallest absolute Gasteiger partial charge is 0.148 e. The van der Waals surface area contributed by atoms with Gasteiger partial charge in [0.2, 0.25) is 0 Å². The van der Waals surface area contributed by atoms with Crippen LogP contribution in [0.4, 0.5) is 11.6 Å².